The quantitative estimate of drug-likeness (QED) is 0.515. The van der Waals surface area contributed by atoms with Crippen LogP contribution in [0.3, 0.4) is 0 Å². The maximum absolute atomic E-state index is 17.2. The molecule has 0 unspecified atom stereocenters. The number of carboxylic acid groups (broad SMARTS) is 1. The highest BCUT2D eigenvalue weighted by Gasteiger charge is 2.78. The predicted octanol–water partition coefficient (Wildman–Crippen LogP) is 4.72. The molecule has 3 saturated carbocycles. The molecule has 0 aromatic heterocycles. The van der Waals surface area contributed by atoms with Crippen molar-refractivity contribution in [3.63, 3.8) is 0 Å². The van der Waals surface area contributed by atoms with Crippen LogP contribution in [0, 0.1) is 28.6 Å². The number of alkyl halides is 2. The molecule has 0 aromatic rings. The number of carboxylic acids is 1. The number of aliphatic hydroxyl groups excluding tert-OH is 1. The van der Waals surface area contributed by atoms with E-state index in [9.17, 15) is 24.6 Å². The van der Waals surface area contributed by atoms with Gasteiger partial charge in [0.15, 0.2) is 11.5 Å². The second-order valence-electron chi connectivity index (χ2n) is 11.4. The van der Waals surface area contributed by atoms with Gasteiger partial charge in [0.1, 0.15) is 12.3 Å². The molecule has 4 aliphatic carbocycles. The summed E-state index contributed by atoms with van der Waals surface area (Å²) in [7, 11) is 0. The van der Waals surface area contributed by atoms with Crippen LogP contribution >= 0.6 is 0 Å². The standard InChI is InChI=1S/C27H36F2O7/c1-6-16(7-2)35-23(34)36-27(22(32)33)14(3)10-17-18-12-20(28)19-11-15(30)8-9-24(19,4)26(18,29)21(31)13-25(17,27)5/h8-9,11,14,16-18,20-21,31H,6-7,10,12-13H2,1-5H3,(H,32,33)/t14-,17+,18+,20+,21+,24+,25+,26+,27+/m1/s1. The fraction of sp³-hybridized carbons (Fsp3) is 0.741. The minimum absolute atomic E-state index is 0.00283. The van der Waals surface area contributed by atoms with E-state index in [0.717, 1.165) is 6.08 Å². The zero-order valence-corrected chi connectivity index (χ0v) is 21.4. The molecule has 7 nitrogen and oxygen atoms in total. The average Bonchev–Trinajstić information content (AvgIpc) is 3.03. The number of hydrogen-bond donors (Lipinski definition) is 2. The summed E-state index contributed by atoms with van der Waals surface area (Å²) in [6.07, 6.45) is -0.680. The number of ether oxygens (including phenoxy) is 2. The van der Waals surface area contributed by atoms with Crippen molar-refractivity contribution in [3.8, 4) is 0 Å². The highest BCUT2D eigenvalue weighted by Crippen LogP contribution is 2.71. The summed E-state index contributed by atoms with van der Waals surface area (Å²) in [6.45, 7) is 8.35. The molecular weight excluding hydrogens is 474 g/mol. The molecule has 3 fully saturated rings. The van der Waals surface area contributed by atoms with E-state index < -0.39 is 76.1 Å². The van der Waals surface area contributed by atoms with Gasteiger partial charge in [-0.05, 0) is 62.7 Å². The average molecular weight is 511 g/mol. The second kappa shape index (κ2) is 8.64. The van der Waals surface area contributed by atoms with Crippen molar-refractivity contribution in [1.29, 1.82) is 0 Å². The number of carbonyl (C=O) groups is 3. The lowest BCUT2D eigenvalue weighted by atomic mass is 9.44. The molecule has 0 bridgehead atoms. The smallest absolute Gasteiger partial charge is 0.478 e. The van der Waals surface area contributed by atoms with Gasteiger partial charge in [0.05, 0.1) is 6.10 Å². The molecule has 2 N–H and O–H groups in total. The number of aliphatic carboxylic acids is 1. The highest BCUT2D eigenvalue weighted by atomic mass is 19.1. The van der Waals surface area contributed by atoms with Gasteiger partial charge < -0.3 is 19.7 Å². The number of hydrogen-bond acceptors (Lipinski definition) is 6. The first-order chi connectivity index (χ1) is 16.7. The molecular formula is C27H36F2O7. The summed E-state index contributed by atoms with van der Waals surface area (Å²) in [4.78, 5) is 37.6. The molecule has 200 valence electrons. The van der Waals surface area contributed by atoms with Gasteiger partial charge in [0.2, 0.25) is 5.60 Å². The van der Waals surface area contributed by atoms with Crippen LogP contribution in [0.25, 0.3) is 0 Å². The second-order valence-corrected chi connectivity index (χ2v) is 11.4. The van der Waals surface area contributed by atoms with E-state index in [1.807, 2.05) is 13.8 Å². The van der Waals surface area contributed by atoms with Gasteiger partial charge in [0, 0.05) is 22.7 Å². The molecule has 9 atom stereocenters. The Labute approximate surface area is 209 Å². The van der Waals surface area contributed by atoms with E-state index in [1.54, 1.807) is 13.8 Å². The number of carbonyl (C=O) groups excluding carboxylic acids is 2. The van der Waals surface area contributed by atoms with E-state index in [1.165, 1.54) is 19.1 Å². The Morgan fingerprint density at radius 2 is 1.83 bits per heavy atom. The lowest BCUT2D eigenvalue weighted by molar-refractivity contribution is -0.232. The number of fused-ring (bicyclic) bond motifs is 5. The van der Waals surface area contributed by atoms with Crippen molar-refractivity contribution < 1.29 is 42.9 Å². The van der Waals surface area contributed by atoms with Crippen molar-refractivity contribution in [3.05, 3.63) is 23.8 Å². The summed E-state index contributed by atoms with van der Waals surface area (Å²) in [5.41, 5.74) is -7.40. The molecule has 9 heteroatoms. The zero-order chi connectivity index (χ0) is 26.8. The molecule has 0 aliphatic heterocycles. The van der Waals surface area contributed by atoms with Gasteiger partial charge in [-0.2, -0.15) is 0 Å². The predicted molar refractivity (Wildman–Crippen MR) is 125 cm³/mol. The number of rotatable bonds is 5. The maximum Gasteiger partial charge on any atom is 0.509 e. The molecule has 0 aromatic carbocycles. The Kier molecular flexibility index (Phi) is 6.42. The van der Waals surface area contributed by atoms with Crippen LogP contribution in [0.4, 0.5) is 13.6 Å². The van der Waals surface area contributed by atoms with Gasteiger partial charge in [-0.3, -0.25) is 4.79 Å². The van der Waals surface area contributed by atoms with E-state index >= 15 is 8.78 Å². The Bertz CT molecular complexity index is 1020. The lowest BCUT2D eigenvalue weighted by Crippen LogP contribution is -2.71. The fourth-order valence-corrected chi connectivity index (χ4v) is 7.99. The van der Waals surface area contributed by atoms with E-state index in [0.29, 0.717) is 12.8 Å². The molecule has 0 saturated heterocycles. The molecule has 0 spiro atoms. The molecule has 0 amide bonds. The minimum atomic E-state index is -2.34. The first-order valence-electron chi connectivity index (χ1n) is 12.8. The topological polar surface area (TPSA) is 110 Å². The largest absolute Gasteiger partial charge is 0.509 e. The third-order valence-electron chi connectivity index (χ3n) is 9.90. The van der Waals surface area contributed by atoms with Gasteiger partial charge >= 0.3 is 12.1 Å². The van der Waals surface area contributed by atoms with Crippen LogP contribution in [-0.2, 0) is 19.1 Å². The van der Waals surface area contributed by atoms with Crippen molar-refractivity contribution >= 4 is 17.9 Å². The van der Waals surface area contributed by atoms with E-state index in [4.69, 9.17) is 9.47 Å². The van der Waals surface area contributed by atoms with Crippen LogP contribution in [-0.4, -0.2) is 57.8 Å². The Hall–Kier alpha value is -2.29. The summed E-state index contributed by atoms with van der Waals surface area (Å²) in [6, 6.07) is 0. The highest BCUT2D eigenvalue weighted by molar-refractivity contribution is 6.01. The van der Waals surface area contributed by atoms with Crippen molar-refractivity contribution in [2.45, 2.75) is 96.4 Å². The first kappa shape index (κ1) is 26.8. The van der Waals surface area contributed by atoms with E-state index in [2.05, 4.69) is 0 Å². The van der Waals surface area contributed by atoms with Gasteiger partial charge in [-0.15, -0.1) is 0 Å². The number of halogens is 2. The summed E-state index contributed by atoms with van der Waals surface area (Å²) < 4.78 is 43.8. The van der Waals surface area contributed by atoms with Crippen molar-refractivity contribution in [1.82, 2.24) is 0 Å². The third-order valence-corrected chi connectivity index (χ3v) is 9.90. The monoisotopic (exact) mass is 510 g/mol. The first-order valence-corrected chi connectivity index (χ1v) is 12.8. The Morgan fingerprint density at radius 1 is 1.19 bits per heavy atom. The molecule has 0 radical (unpaired) electrons. The van der Waals surface area contributed by atoms with Crippen molar-refractivity contribution in [2.75, 3.05) is 0 Å². The molecule has 36 heavy (non-hydrogen) atoms. The Balaban J connectivity index is 1.79. The van der Waals surface area contributed by atoms with Crippen LogP contribution in [0.1, 0.15) is 66.7 Å². The van der Waals surface area contributed by atoms with E-state index in [-0.39, 0.29) is 24.8 Å². The van der Waals surface area contributed by atoms with Crippen LogP contribution in [0.15, 0.2) is 23.8 Å². The third kappa shape index (κ3) is 3.26. The SMILES string of the molecule is CCC(CC)OC(=O)O[C@]1(C(=O)O)[C@H](C)C[C@H]2[C@@H]3C[C@H](F)C4=CC(=O)C=C[C@]4(C)[C@@]3(F)[C@@H](O)C[C@@]21C. The lowest BCUT2D eigenvalue weighted by Gasteiger charge is -2.62. The fourth-order valence-electron chi connectivity index (χ4n) is 7.99. The minimum Gasteiger partial charge on any atom is -0.478 e. The summed E-state index contributed by atoms with van der Waals surface area (Å²) in [5, 5.41) is 21.8. The van der Waals surface area contributed by atoms with Crippen LogP contribution in [0.2, 0.25) is 0 Å². The number of aliphatic hydroxyl groups is 1. The zero-order valence-electron chi connectivity index (χ0n) is 21.4. The van der Waals surface area contributed by atoms with Gasteiger partial charge in [-0.25, -0.2) is 18.4 Å². The summed E-state index contributed by atoms with van der Waals surface area (Å²) in [5.74, 6) is -4.36. The molecule has 4 rings (SSSR count). The molecule has 4 aliphatic rings. The normalized spacial score (nSPS) is 45.4. The Morgan fingerprint density at radius 3 is 2.42 bits per heavy atom. The maximum atomic E-state index is 17.2. The number of ketones is 1. The van der Waals surface area contributed by atoms with Crippen LogP contribution in [0.5, 0.6) is 0 Å². The summed E-state index contributed by atoms with van der Waals surface area (Å²) >= 11 is 0. The molecule has 0 heterocycles. The number of allylic oxidation sites excluding steroid dienone is 4. The van der Waals surface area contributed by atoms with Gasteiger partial charge in [0.25, 0.3) is 0 Å². The van der Waals surface area contributed by atoms with Crippen LogP contribution < -0.4 is 0 Å². The van der Waals surface area contributed by atoms with Gasteiger partial charge in [-0.1, -0.05) is 33.8 Å². The van der Waals surface area contributed by atoms with Crippen molar-refractivity contribution in [2.24, 2.45) is 28.6 Å².